The molecule has 0 aromatic rings. The van der Waals surface area contributed by atoms with E-state index in [-0.39, 0.29) is 0 Å². The van der Waals surface area contributed by atoms with Crippen LogP contribution >= 0.6 is 7.26 Å². The Balaban J connectivity index is 6.62. The van der Waals surface area contributed by atoms with Crippen LogP contribution in [0.1, 0.15) is 79.1 Å². The summed E-state index contributed by atoms with van der Waals surface area (Å²) in [5.74, 6) is 0. The molecule has 0 heterocycles. The van der Waals surface area contributed by atoms with Crippen LogP contribution in [0, 0.1) is 0 Å². The van der Waals surface area contributed by atoms with E-state index in [1.165, 1.54) is 51.4 Å². The van der Waals surface area contributed by atoms with Crippen LogP contribution in [0.2, 0.25) is 0 Å². The summed E-state index contributed by atoms with van der Waals surface area (Å²) in [6.07, 6.45) is 19.0. The van der Waals surface area contributed by atoms with Gasteiger partial charge in [0.05, 0.1) is 0 Å². The van der Waals surface area contributed by atoms with Gasteiger partial charge in [-0.3, -0.25) is 0 Å². The molecule has 4 atom stereocenters. The summed E-state index contributed by atoms with van der Waals surface area (Å²) in [6.45, 7) is 26.5. The van der Waals surface area contributed by atoms with Crippen molar-refractivity contribution in [3.8, 4) is 0 Å². The molecule has 0 saturated carbocycles. The van der Waals surface area contributed by atoms with Gasteiger partial charge in [0, 0.05) is 0 Å². The van der Waals surface area contributed by atoms with Crippen molar-refractivity contribution in [3.63, 3.8) is 0 Å². The second-order valence-electron chi connectivity index (χ2n) is 7.52. The zero-order chi connectivity index (χ0) is 19.3. The predicted octanol–water partition coefficient (Wildman–Crippen LogP) is 8.16. The minimum absolute atomic E-state index is 0.608. The molecule has 0 amide bonds. The molecular formula is C24H45P. The van der Waals surface area contributed by atoms with E-state index in [1.807, 2.05) is 0 Å². The molecule has 25 heavy (non-hydrogen) atoms. The Morgan fingerprint density at radius 2 is 0.720 bits per heavy atom. The van der Waals surface area contributed by atoms with Gasteiger partial charge < -0.3 is 0 Å². The Morgan fingerprint density at radius 1 is 0.520 bits per heavy atom. The molecule has 0 aliphatic heterocycles. The molecule has 0 fully saturated rings. The van der Waals surface area contributed by atoms with Crippen LogP contribution in [0.15, 0.2) is 50.6 Å². The molecule has 0 N–H and O–H groups in total. The van der Waals surface area contributed by atoms with Crippen LogP contribution in [0.25, 0.3) is 0 Å². The van der Waals surface area contributed by atoms with Gasteiger partial charge in [0.2, 0.25) is 0 Å². The van der Waals surface area contributed by atoms with E-state index in [4.69, 9.17) is 0 Å². The molecule has 0 radical (unpaired) electrons. The van der Waals surface area contributed by atoms with E-state index >= 15 is 0 Å². The molecule has 0 rings (SSSR count). The molecule has 0 aliphatic carbocycles. The third-order valence-corrected chi connectivity index (χ3v) is 13.3. The van der Waals surface area contributed by atoms with Crippen molar-refractivity contribution in [1.29, 1.82) is 0 Å². The molecule has 0 saturated heterocycles. The van der Waals surface area contributed by atoms with Crippen LogP contribution in [-0.4, -0.2) is 22.6 Å². The molecule has 1 heteroatoms. The van der Waals surface area contributed by atoms with Crippen LogP contribution in [-0.2, 0) is 0 Å². The zero-order valence-electron chi connectivity index (χ0n) is 17.6. The van der Waals surface area contributed by atoms with Crippen molar-refractivity contribution in [1.82, 2.24) is 0 Å². The maximum atomic E-state index is 4.31. The quantitative estimate of drug-likeness (QED) is 0.191. The second-order valence-corrected chi connectivity index (χ2v) is 12.5. The summed E-state index contributed by atoms with van der Waals surface area (Å²) in [5.41, 5.74) is 2.43. The van der Waals surface area contributed by atoms with Crippen LogP contribution in [0.5, 0.6) is 0 Å². The van der Waals surface area contributed by atoms with Gasteiger partial charge in [0.25, 0.3) is 0 Å². The Kier molecular flexibility index (Phi) is 13.2. The van der Waals surface area contributed by atoms with Crippen LogP contribution < -0.4 is 0 Å². The molecule has 0 aromatic carbocycles. The first-order valence-corrected chi connectivity index (χ1v) is 12.9. The summed E-state index contributed by atoms with van der Waals surface area (Å²) in [7, 11) is -1.87. The van der Waals surface area contributed by atoms with E-state index in [1.54, 1.807) is 0 Å². The average molecular weight is 365 g/mol. The third-order valence-electron chi connectivity index (χ3n) is 6.11. The van der Waals surface area contributed by atoms with Gasteiger partial charge in [-0.15, -0.1) is 0 Å². The summed E-state index contributed by atoms with van der Waals surface area (Å²) in [5, 5.41) is 0. The maximum absolute atomic E-state index is 4.31. The van der Waals surface area contributed by atoms with E-state index in [0.29, 0.717) is 22.6 Å². The van der Waals surface area contributed by atoms with Gasteiger partial charge in [0.15, 0.2) is 0 Å². The molecule has 0 bridgehead atoms. The SMILES string of the molecule is C=CC(CCC)[PH](C(C=C)CCC)(C(C=C)CCC)C(C=C)CCC. The molecule has 146 valence electrons. The van der Waals surface area contributed by atoms with Crippen molar-refractivity contribution in [3.05, 3.63) is 50.6 Å². The normalized spacial score (nSPS) is 17.1. The Labute approximate surface area is 159 Å². The standard InChI is InChI=1S/C24H45P/c1-9-17-21(13-5)25(22(14-6)18-10-2,23(15-7)19-11-3)24(16-8)20-12-4/h13-16,21-25H,5-12,17-20H2,1-4H3. The first-order chi connectivity index (χ1) is 12.1. The van der Waals surface area contributed by atoms with Gasteiger partial charge >= 0.3 is 160 Å². The number of rotatable bonds is 16. The first-order valence-electron chi connectivity index (χ1n) is 10.6. The minimum atomic E-state index is -1.87. The van der Waals surface area contributed by atoms with Gasteiger partial charge in [-0.05, 0) is 0 Å². The zero-order valence-corrected chi connectivity index (χ0v) is 18.6. The first kappa shape index (κ1) is 24.4. The van der Waals surface area contributed by atoms with Gasteiger partial charge in [0.1, 0.15) is 0 Å². The fourth-order valence-corrected chi connectivity index (χ4v) is 13.3. The molecule has 0 nitrogen and oxygen atoms in total. The molecule has 0 aliphatic rings. The van der Waals surface area contributed by atoms with E-state index in [9.17, 15) is 0 Å². The molecule has 0 spiro atoms. The van der Waals surface area contributed by atoms with Crippen molar-refractivity contribution >= 4 is 7.26 Å². The Morgan fingerprint density at radius 3 is 0.840 bits per heavy atom. The number of allylic oxidation sites excluding steroid dienone is 4. The topological polar surface area (TPSA) is 0 Å². The second kappa shape index (κ2) is 13.6. The van der Waals surface area contributed by atoms with Crippen molar-refractivity contribution in [2.24, 2.45) is 0 Å². The van der Waals surface area contributed by atoms with Crippen molar-refractivity contribution in [2.75, 3.05) is 0 Å². The monoisotopic (exact) mass is 364 g/mol. The summed E-state index contributed by atoms with van der Waals surface area (Å²) >= 11 is 0. The summed E-state index contributed by atoms with van der Waals surface area (Å²) in [4.78, 5) is 0. The number of hydrogen-bond donors (Lipinski definition) is 0. The summed E-state index contributed by atoms with van der Waals surface area (Å²) in [6, 6.07) is 0. The number of hydrogen-bond acceptors (Lipinski definition) is 0. The van der Waals surface area contributed by atoms with Crippen molar-refractivity contribution in [2.45, 2.75) is 102 Å². The average Bonchev–Trinajstić information content (AvgIpc) is 2.63. The Bertz CT molecular complexity index is 317. The molecule has 4 unspecified atom stereocenters. The summed E-state index contributed by atoms with van der Waals surface area (Å²) < 4.78 is 0. The fourth-order valence-electron chi connectivity index (χ4n) is 5.18. The van der Waals surface area contributed by atoms with Gasteiger partial charge in [-0.1, -0.05) is 0 Å². The predicted molar refractivity (Wildman–Crippen MR) is 124 cm³/mol. The Hall–Kier alpha value is -0.610. The van der Waals surface area contributed by atoms with E-state index < -0.39 is 7.26 Å². The van der Waals surface area contributed by atoms with Gasteiger partial charge in [-0.2, -0.15) is 0 Å². The van der Waals surface area contributed by atoms with Crippen LogP contribution in [0.4, 0.5) is 0 Å². The van der Waals surface area contributed by atoms with E-state index in [0.717, 1.165) is 0 Å². The van der Waals surface area contributed by atoms with Gasteiger partial charge in [-0.25, -0.2) is 0 Å². The third kappa shape index (κ3) is 5.68. The molecule has 0 aromatic heterocycles. The fraction of sp³-hybridized carbons (Fsp3) is 0.667. The molecular weight excluding hydrogens is 319 g/mol. The van der Waals surface area contributed by atoms with E-state index in [2.05, 4.69) is 78.3 Å². The van der Waals surface area contributed by atoms with Crippen LogP contribution in [0.3, 0.4) is 0 Å². The van der Waals surface area contributed by atoms with Crippen molar-refractivity contribution < 1.29 is 0 Å².